The molecule has 1 aromatic rings. The van der Waals surface area contributed by atoms with Crippen LogP contribution in [0.1, 0.15) is 52.0 Å². The van der Waals surface area contributed by atoms with Gasteiger partial charge in [-0.3, -0.25) is 28.8 Å². The van der Waals surface area contributed by atoms with Crippen LogP contribution in [0.4, 0.5) is 9.18 Å². The number of ketones is 1. The van der Waals surface area contributed by atoms with Crippen molar-refractivity contribution in [3.8, 4) is 0 Å². The highest BCUT2D eigenvalue weighted by Crippen LogP contribution is 2.10. The molecule has 46 heavy (non-hydrogen) atoms. The Morgan fingerprint density at radius 2 is 1.37 bits per heavy atom. The van der Waals surface area contributed by atoms with E-state index in [0.29, 0.717) is 5.56 Å². The highest BCUT2D eigenvalue weighted by Gasteiger charge is 2.34. The van der Waals surface area contributed by atoms with Gasteiger partial charge in [0.15, 0.2) is 5.78 Å². The summed E-state index contributed by atoms with van der Waals surface area (Å²) in [6.07, 6.45) is -3.68. The van der Waals surface area contributed by atoms with Crippen LogP contribution in [0.3, 0.4) is 0 Å². The Morgan fingerprint density at radius 3 is 1.91 bits per heavy atom. The lowest BCUT2D eigenvalue weighted by atomic mass is 10.0. The zero-order chi connectivity index (χ0) is 34.8. The molecule has 4 amide bonds. The minimum absolute atomic E-state index is 0.0624. The minimum atomic E-state index is -1.74. The van der Waals surface area contributed by atoms with Crippen molar-refractivity contribution in [2.24, 2.45) is 5.92 Å². The first-order valence-corrected chi connectivity index (χ1v) is 14.5. The van der Waals surface area contributed by atoms with E-state index in [1.807, 2.05) is 0 Å². The molecule has 1 aromatic carbocycles. The number of methoxy groups -OCH3 is 2. The van der Waals surface area contributed by atoms with E-state index in [-0.39, 0.29) is 31.8 Å². The van der Waals surface area contributed by atoms with Crippen molar-refractivity contribution in [3.05, 3.63) is 35.9 Å². The number of aliphatic hydroxyl groups excluding tert-OH is 1. The first-order valence-electron chi connectivity index (χ1n) is 14.5. The molecule has 0 bridgehead atoms. The first kappa shape index (κ1) is 39.4. The van der Waals surface area contributed by atoms with Crippen LogP contribution < -0.4 is 21.3 Å². The molecule has 5 N–H and O–H groups in total. The van der Waals surface area contributed by atoms with Crippen LogP contribution >= 0.6 is 0 Å². The number of Topliss-reactive ketones (excluding diaryl/α,β-unsaturated/α-hetero) is 1. The molecular formula is C30H43FN4O11. The van der Waals surface area contributed by atoms with Crippen molar-refractivity contribution in [2.45, 2.75) is 83.3 Å². The minimum Gasteiger partial charge on any atom is -0.469 e. The van der Waals surface area contributed by atoms with Crippen molar-refractivity contribution in [2.75, 3.05) is 20.9 Å². The molecule has 0 aliphatic rings. The predicted octanol–water partition coefficient (Wildman–Crippen LogP) is 0.218. The number of benzene rings is 1. The molecule has 5 atom stereocenters. The number of aliphatic hydroxyl groups is 1. The molecule has 0 radical (unpaired) electrons. The van der Waals surface area contributed by atoms with Crippen LogP contribution in [0, 0.1) is 5.92 Å². The number of halogens is 1. The number of esters is 2. The topological polar surface area (TPSA) is 216 Å². The molecule has 16 heteroatoms. The standard InChI is InChI=1S/C30H43FN4O11/c1-17(2)13-22(34-30(43)46-16-19-9-7-6-8-10-19)28(41)32-20(11-12-24(38)44-4)27(40)35-26(18(3)36)29(42)33-21(23(37)15-31)14-25(39)45-5/h6-10,17-18,20-22,26,36H,11-16H2,1-5H3,(H,32,41)(H,33,42)(H,34,43)(H,35,40)/t18-,20+,21+,22+,26?/m1/s1. The molecule has 0 fully saturated rings. The van der Waals surface area contributed by atoms with Gasteiger partial charge in [-0.25, -0.2) is 9.18 Å². The van der Waals surface area contributed by atoms with E-state index in [1.165, 1.54) is 0 Å². The van der Waals surface area contributed by atoms with Gasteiger partial charge in [-0.15, -0.1) is 0 Å². The second-order valence-corrected chi connectivity index (χ2v) is 10.7. The summed E-state index contributed by atoms with van der Waals surface area (Å²) in [6.45, 7) is 3.16. The van der Waals surface area contributed by atoms with Gasteiger partial charge in [0, 0.05) is 6.42 Å². The van der Waals surface area contributed by atoms with Gasteiger partial charge in [0.2, 0.25) is 17.7 Å². The summed E-state index contributed by atoms with van der Waals surface area (Å²) in [6, 6.07) is 2.78. The number of amides is 4. The summed E-state index contributed by atoms with van der Waals surface area (Å²) >= 11 is 0. The Morgan fingerprint density at radius 1 is 0.783 bits per heavy atom. The number of alkyl halides is 1. The number of ether oxygens (including phenoxy) is 3. The Balaban J connectivity index is 3.13. The second-order valence-electron chi connectivity index (χ2n) is 10.7. The number of rotatable bonds is 19. The van der Waals surface area contributed by atoms with Crippen molar-refractivity contribution >= 4 is 41.5 Å². The SMILES string of the molecule is COC(=O)CC[C@H](NC(=O)[C@H](CC(C)C)NC(=O)OCc1ccccc1)C(=O)NC(C(=O)N[C@@H](CC(=O)OC)C(=O)CF)[C@@H](C)O. The maximum absolute atomic E-state index is 13.3. The Hall–Kier alpha value is -4.60. The lowest BCUT2D eigenvalue weighted by Crippen LogP contribution is -2.60. The fourth-order valence-electron chi connectivity index (χ4n) is 4.02. The van der Waals surface area contributed by atoms with Gasteiger partial charge in [0.1, 0.15) is 37.4 Å². The van der Waals surface area contributed by atoms with Gasteiger partial charge < -0.3 is 40.6 Å². The van der Waals surface area contributed by atoms with Gasteiger partial charge in [-0.05, 0) is 31.2 Å². The average Bonchev–Trinajstić information content (AvgIpc) is 3.02. The Labute approximate surface area is 266 Å². The third-order valence-corrected chi connectivity index (χ3v) is 6.52. The van der Waals surface area contributed by atoms with Crippen LogP contribution in [0.15, 0.2) is 30.3 Å². The summed E-state index contributed by atoms with van der Waals surface area (Å²) in [4.78, 5) is 87.6. The number of hydrogen-bond acceptors (Lipinski definition) is 11. The molecular weight excluding hydrogens is 611 g/mol. The largest absolute Gasteiger partial charge is 0.469 e. The average molecular weight is 655 g/mol. The third-order valence-electron chi connectivity index (χ3n) is 6.52. The van der Waals surface area contributed by atoms with Crippen molar-refractivity contribution < 1.29 is 57.3 Å². The highest BCUT2D eigenvalue weighted by atomic mass is 19.1. The van der Waals surface area contributed by atoms with Crippen LogP contribution in [0.5, 0.6) is 0 Å². The normalized spacial score (nSPS) is 14.0. The van der Waals surface area contributed by atoms with Gasteiger partial charge in [-0.2, -0.15) is 0 Å². The third kappa shape index (κ3) is 14.5. The first-order chi connectivity index (χ1) is 21.7. The monoisotopic (exact) mass is 654 g/mol. The number of carbonyl (C=O) groups is 7. The maximum Gasteiger partial charge on any atom is 0.408 e. The Kier molecular flexibility index (Phi) is 17.5. The van der Waals surface area contributed by atoms with Crippen molar-refractivity contribution in [3.63, 3.8) is 0 Å². The van der Waals surface area contributed by atoms with E-state index in [1.54, 1.807) is 44.2 Å². The fraction of sp³-hybridized carbons (Fsp3) is 0.567. The lowest BCUT2D eigenvalue weighted by Gasteiger charge is -2.27. The molecule has 1 unspecified atom stereocenters. The van der Waals surface area contributed by atoms with Gasteiger partial charge >= 0.3 is 18.0 Å². The van der Waals surface area contributed by atoms with Gasteiger partial charge in [0.25, 0.3) is 0 Å². The summed E-state index contributed by atoms with van der Waals surface area (Å²) in [5.74, 6) is -5.85. The lowest BCUT2D eigenvalue weighted by molar-refractivity contribution is -0.144. The smallest absolute Gasteiger partial charge is 0.408 e. The van der Waals surface area contributed by atoms with Crippen molar-refractivity contribution in [1.29, 1.82) is 0 Å². The fourth-order valence-corrected chi connectivity index (χ4v) is 4.02. The van der Waals surface area contributed by atoms with E-state index in [4.69, 9.17) is 4.74 Å². The van der Waals surface area contributed by atoms with E-state index in [2.05, 4.69) is 30.7 Å². The van der Waals surface area contributed by atoms with Gasteiger partial charge in [0.05, 0.1) is 26.7 Å². The zero-order valence-electron chi connectivity index (χ0n) is 26.5. The maximum atomic E-state index is 13.3. The second kappa shape index (κ2) is 20.4. The van der Waals surface area contributed by atoms with E-state index >= 15 is 0 Å². The zero-order valence-corrected chi connectivity index (χ0v) is 26.5. The number of alkyl carbamates (subject to hydrolysis) is 1. The van der Waals surface area contributed by atoms with Crippen LogP contribution in [0.2, 0.25) is 0 Å². The molecule has 0 spiro atoms. The number of nitrogens with one attached hydrogen (secondary N) is 4. The van der Waals surface area contributed by atoms with Gasteiger partial charge in [-0.1, -0.05) is 44.2 Å². The van der Waals surface area contributed by atoms with E-state index in [0.717, 1.165) is 21.1 Å². The number of hydrogen-bond donors (Lipinski definition) is 5. The summed E-state index contributed by atoms with van der Waals surface area (Å²) in [7, 11) is 2.15. The number of carbonyl (C=O) groups excluding carboxylic acids is 7. The van der Waals surface area contributed by atoms with Crippen LogP contribution in [-0.2, 0) is 49.6 Å². The molecule has 0 aliphatic carbocycles. The molecule has 0 aromatic heterocycles. The molecule has 1 rings (SSSR count). The molecule has 0 saturated heterocycles. The van der Waals surface area contributed by atoms with Crippen LogP contribution in [-0.4, -0.2) is 97.8 Å². The Bertz CT molecular complexity index is 1200. The predicted molar refractivity (Wildman–Crippen MR) is 159 cm³/mol. The quantitative estimate of drug-likeness (QED) is 0.100. The molecule has 0 saturated carbocycles. The van der Waals surface area contributed by atoms with Crippen LogP contribution in [0.25, 0.3) is 0 Å². The molecule has 15 nitrogen and oxygen atoms in total. The molecule has 0 aliphatic heterocycles. The summed E-state index contributed by atoms with van der Waals surface area (Å²) in [5, 5.41) is 19.6. The van der Waals surface area contributed by atoms with E-state index in [9.17, 15) is 43.1 Å². The highest BCUT2D eigenvalue weighted by molar-refractivity contribution is 5.97. The van der Waals surface area contributed by atoms with Crippen molar-refractivity contribution in [1.82, 2.24) is 21.3 Å². The van der Waals surface area contributed by atoms with E-state index < -0.39 is 84.9 Å². The summed E-state index contributed by atoms with van der Waals surface area (Å²) in [5.41, 5.74) is 0.712. The summed E-state index contributed by atoms with van der Waals surface area (Å²) < 4.78 is 27.4. The molecule has 256 valence electrons. The molecule has 0 heterocycles.